The molecular formula is C39H52ClN3O7S. The lowest BCUT2D eigenvalue weighted by Gasteiger charge is -2.49. The molecule has 1 saturated carbocycles. The third-order valence-corrected chi connectivity index (χ3v) is 15.0. The molecule has 2 fully saturated rings. The quantitative estimate of drug-likeness (QED) is 0.403. The van der Waals surface area contributed by atoms with Crippen molar-refractivity contribution < 1.29 is 32.2 Å². The molecule has 10 nitrogen and oxygen atoms in total. The van der Waals surface area contributed by atoms with Crippen LogP contribution in [0.5, 0.6) is 5.75 Å². The summed E-state index contributed by atoms with van der Waals surface area (Å²) in [4.78, 5) is 29.7. The standard InChI is InChI=1S/C39H52ClN3O7S/c1-24-7-5-9-33(38-48-20-31(21-49-38)42(4)26(3)44)32-13-10-29(32)19-43-22-39(16-6-8-27-17-30(40)12-14-34(27)39)23-50-36-15-11-28(18-35(36)43)37(45)41-51(46,47)25(24)2/h11-12,14-15,17-18,24-25,29,31-33,38H,5-10,13,16,19-23H2,1-4H3,(H,41,45)/t24-,25+,29-,31-,32+,33-,38+,39-/m0/s1. The van der Waals surface area contributed by atoms with E-state index in [-0.39, 0.29) is 29.2 Å². The van der Waals surface area contributed by atoms with E-state index >= 15 is 0 Å². The molecule has 7 rings (SSSR count). The number of likely N-dealkylation sites (N-methyl/N-ethyl adjacent to an activating group) is 1. The van der Waals surface area contributed by atoms with E-state index in [0.29, 0.717) is 55.9 Å². The van der Waals surface area contributed by atoms with Crippen molar-refractivity contribution in [1.82, 2.24) is 9.62 Å². The van der Waals surface area contributed by atoms with Crippen LogP contribution in [0.3, 0.4) is 0 Å². The summed E-state index contributed by atoms with van der Waals surface area (Å²) in [5, 5.41) is -0.0209. The first kappa shape index (κ1) is 36.5. The van der Waals surface area contributed by atoms with Gasteiger partial charge in [0, 0.05) is 49.0 Å². The number of hydrogen-bond acceptors (Lipinski definition) is 8. The highest BCUT2D eigenvalue weighted by Gasteiger charge is 2.47. The number of rotatable bonds is 2. The molecule has 2 bridgehead atoms. The van der Waals surface area contributed by atoms with Crippen LogP contribution in [0.4, 0.5) is 5.69 Å². The van der Waals surface area contributed by atoms with E-state index in [1.54, 1.807) is 31.9 Å². The number of sulfonamides is 1. The van der Waals surface area contributed by atoms with Crippen LogP contribution in [-0.2, 0) is 36.1 Å². The van der Waals surface area contributed by atoms with Crippen molar-refractivity contribution in [2.24, 2.45) is 23.7 Å². The molecule has 2 amide bonds. The molecule has 12 heteroatoms. The van der Waals surface area contributed by atoms with Gasteiger partial charge in [0.2, 0.25) is 15.9 Å². The molecule has 1 N–H and O–H groups in total. The van der Waals surface area contributed by atoms with Gasteiger partial charge in [0.1, 0.15) is 5.75 Å². The maximum atomic E-state index is 13.6. The highest BCUT2D eigenvalue weighted by molar-refractivity contribution is 7.90. The maximum Gasteiger partial charge on any atom is 0.264 e. The van der Waals surface area contributed by atoms with Crippen LogP contribution >= 0.6 is 11.6 Å². The molecule has 1 spiro atoms. The van der Waals surface area contributed by atoms with E-state index in [9.17, 15) is 18.0 Å². The molecule has 2 aliphatic carbocycles. The molecule has 3 heterocycles. The molecule has 0 unspecified atom stereocenters. The summed E-state index contributed by atoms with van der Waals surface area (Å²) in [5.41, 5.74) is 3.35. The van der Waals surface area contributed by atoms with Crippen LogP contribution in [0.2, 0.25) is 5.02 Å². The zero-order chi connectivity index (χ0) is 36.1. The predicted octanol–water partition coefficient (Wildman–Crippen LogP) is 5.94. The number of halogens is 1. The molecule has 3 aliphatic heterocycles. The highest BCUT2D eigenvalue weighted by Crippen LogP contribution is 2.49. The van der Waals surface area contributed by atoms with Crippen molar-refractivity contribution in [3.05, 3.63) is 58.1 Å². The van der Waals surface area contributed by atoms with Gasteiger partial charge in [-0.3, -0.25) is 9.59 Å². The van der Waals surface area contributed by atoms with Gasteiger partial charge in [0.05, 0.1) is 36.8 Å². The Labute approximate surface area is 307 Å². The molecule has 5 aliphatic rings. The zero-order valence-corrected chi connectivity index (χ0v) is 31.8. The Morgan fingerprint density at radius 3 is 2.53 bits per heavy atom. The number of nitrogens with one attached hydrogen (secondary N) is 1. The zero-order valence-electron chi connectivity index (χ0n) is 30.2. The number of hydrogen-bond donors (Lipinski definition) is 1. The summed E-state index contributed by atoms with van der Waals surface area (Å²) in [6.07, 6.45) is 7.03. The Balaban J connectivity index is 1.25. The number of fused-ring (bicyclic) bond motifs is 4. The molecule has 1 saturated heterocycles. The minimum absolute atomic E-state index is 0.0185. The molecule has 2 aromatic carbocycles. The average molecular weight is 742 g/mol. The first-order valence-electron chi connectivity index (χ1n) is 18.7. The minimum Gasteiger partial charge on any atom is -0.490 e. The highest BCUT2D eigenvalue weighted by atomic mass is 35.5. The fourth-order valence-corrected chi connectivity index (χ4v) is 10.7. The third kappa shape index (κ3) is 7.25. The van der Waals surface area contributed by atoms with Crippen LogP contribution in [0, 0.1) is 23.7 Å². The second kappa shape index (κ2) is 14.5. The van der Waals surface area contributed by atoms with Crippen molar-refractivity contribution in [3.63, 3.8) is 0 Å². The topological polar surface area (TPSA) is 114 Å². The number of carbonyl (C=O) groups excluding carboxylic acids is 2. The Morgan fingerprint density at radius 2 is 1.80 bits per heavy atom. The van der Waals surface area contributed by atoms with E-state index in [4.69, 9.17) is 25.8 Å². The number of nitrogens with zero attached hydrogens (tertiary/aromatic N) is 2. The van der Waals surface area contributed by atoms with E-state index < -0.39 is 27.5 Å². The van der Waals surface area contributed by atoms with Crippen LogP contribution in [0.1, 0.15) is 87.2 Å². The lowest BCUT2D eigenvalue weighted by atomic mass is 9.64. The number of ether oxygens (including phenoxy) is 3. The molecule has 0 radical (unpaired) electrons. The molecule has 0 aromatic heterocycles. The fraction of sp³-hybridized carbons (Fsp3) is 0.641. The van der Waals surface area contributed by atoms with Gasteiger partial charge in [-0.05, 0) is 111 Å². The van der Waals surface area contributed by atoms with E-state index in [1.165, 1.54) is 11.1 Å². The molecule has 2 aromatic rings. The van der Waals surface area contributed by atoms with Crippen molar-refractivity contribution in [2.45, 2.75) is 95.1 Å². The number of anilines is 1. The molecule has 6 atom stereocenters. The molecular weight excluding hydrogens is 690 g/mol. The van der Waals surface area contributed by atoms with Gasteiger partial charge in [-0.1, -0.05) is 31.0 Å². The van der Waals surface area contributed by atoms with Gasteiger partial charge in [-0.25, -0.2) is 13.1 Å². The first-order chi connectivity index (χ1) is 24.3. The second-order valence-electron chi connectivity index (χ2n) is 15.9. The lowest BCUT2D eigenvalue weighted by Crippen LogP contribution is -2.53. The maximum absolute atomic E-state index is 13.6. The molecule has 51 heavy (non-hydrogen) atoms. The van der Waals surface area contributed by atoms with Crippen LogP contribution in [0.15, 0.2) is 36.4 Å². The van der Waals surface area contributed by atoms with Gasteiger partial charge < -0.3 is 24.0 Å². The number of benzene rings is 2. The summed E-state index contributed by atoms with van der Waals surface area (Å²) in [7, 11) is -2.15. The van der Waals surface area contributed by atoms with E-state index in [0.717, 1.165) is 62.2 Å². The Morgan fingerprint density at radius 1 is 1.02 bits per heavy atom. The summed E-state index contributed by atoms with van der Waals surface area (Å²) >= 11 is 6.47. The smallest absolute Gasteiger partial charge is 0.264 e. The minimum atomic E-state index is -3.94. The largest absolute Gasteiger partial charge is 0.490 e. The average Bonchev–Trinajstić information content (AvgIpc) is 3.25. The number of aryl methyl sites for hydroxylation is 1. The normalized spacial score (nSPS) is 33.8. The van der Waals surface area contributed by atoms with E-state index in [1.807, 2.05) is 25.1 Å². The van der Waals surface area contributed by atoms with Gasteiger partial charge in [-0.15, -0.1) is 0 Å². The van der Waals surface area contributed by atoms with Crippen LogP contribution in [0.25, 0.3) is 0 Å². The van der Waals surface area contributed by atoms with Crippen molar-refractivity contribution >= 4 is 39.1 Å². The van der Waals surface area contributed by atoms with Crippen LogP contribution < -0.4 is 14.4 Å². The van der Waals surface area contributed by atoms with Gasteiger partial charge in [0.15, 0.2) is 6.29 Å². The predicted molar refractivity (Wildman–Crippen MR) is 197 cm³/mol. The first-order valence-corrected chi connectivity index (χ1v) is 20.6. The summed E-state index contributed by atoms with van der Waals surface area (Å²) in [6, 6.07) is 11.4. The van der Waals surface area contributed by atoms with Crippen molar-refractivity contribution in [2.75, 3.05) is 44.9 Å². The third-order valence-electron chi connectivity index (χ3n) is 12.8. The summed E-state index contributed by atoms with van der Waals surface area (Å²) < 4.78 is 48.9. The Bertz CT molecular complexity index is 1750. The monoisotopic (exact) mass is 741 g/mol. The van der Waals surface area contributed by atoms with Crippen LogP contribution in [-0.4, -0.2) is 82.7 Å². The second-order valence-corrected chi connectivity index (χ2v) is 18.3. The van der Waals surface area contributed by atoms with Crippen molar-refractivity contribution in [3.8, 4) is 5.75 Å². The molecule has 278 valence electrons. The van der Waals surface area contributed by atoms with Gasteiger partial charge in [-0.2, -0.15) is 0 Å². The van der Waals surface area contributed by atoms with Gasteiger partial charge >= 0.3 is 0 Å². The van der Waals surface area contributed by atoms with E-state index in [2.05, 4.69) is 21.8 Å². The summed E-state index contributed by atoms with van der Waals surface area (Å²) in [6.45, 7) is 7.99. The SMILES string of the molecule is CC(=O)N(C)[C@H]1CO[C@@H]([C@H]2CCC[C@H](C)[C@@H](C)S(=O)(=O)NC(=O)c3ccc4c(c3)N(C[C@@H]3CC[C@H]32)C[C@@]2(CCCc3cc(Cl)ccc32)CO4)OC1. The number of amides is 2. The fourth-order valence-electron chi connectivity index (χ4n) is 9.21. The number of carbonyl (C=O) groups is 2. The van der Waals surface area contributed by atoms with Crippen molar-refractivity contribution in [1.29, 1.82) is 0 Å². The summed E-state index contributed by atoms with van der Waals surface area (Å²) in [5.74, 6) is 0.717. The lowest BCUT2D eigenvalue weighted by molar-refractivity contribution is -0.241. The van der Waals surface area contributed by atoms with Gasteiger partial charge in [0.25, 0.3) is 5.91 Å². The Kier molecular flexibility index (Phi) is 10.4. The Hall–Kier alpha value is -2.86.